The van der Waals surface area contributed by atoms with Crippen molar-refractivity contribution < 1.29 is 9.47 Å². The number of fused-ring (bicyclic) bond motifs is 2. The molecule has 2 saturated carbocycles. The van der Waals surface area contributed by atoms with Gasteiger partial charge in [0.1, 0.15) is 13.2 Å². The molecule has 0 saturated heterocycles. The summed E-state index contributed by atoms with van der Waals surface area (Å²) in [6.07, 6.45) is 4.26. The molecule has 1 N–H and O–H groups in total. The molecule has 0 aromatic heterocycles. The maximum absolute atomic E-state index is 5.77. The van der Waals surface area contributed by atoms with Crippen LogP contribution in [-0.4, -0.2) is 19.8 Å². The molecule has 3 nitrogen and oxygen atoms in total. The molecule has 21 heavy (non-hydrogen) atoms. The lowest BCUT2D eigenvalue weighted by molar-refractivity contribution is 0.171. The van der Waals surface area contributed by atoms with Crippen LogP contribution < -0.4 is 14.8 Å². The minimum Gasteiger partial charge on any atom is -0.486 e. The van der Waals surface area contributed by atoms with Gasteiger partial charge in [0.2, 0.25) is 0 Å². The Labute approximate surface area is 134 Å². The van der Waals surface area contributed by atoms with Crippen LogP contribution in [0.15, 0.2) is 16.6 Å². The summed E-state index contributed by atoms with van der Waals surface area (Å²) in [7, 11) is 0. The minimum absolute atomic E-state index is 0.440. The van der Waals surface area contributed by atoms with Crippen LogP contribution in [0.3, 0.4) is 0 Å². The standard InChI is InChI=1S/C17H22BrNO2/c1-2-19-17(16-10-4-3-5-11(10)16)12-8-14-15(9-13(12)18)21-7-6-20-14/h8-11,16-17,19H,2-7H2,1H3. The summed E-state index contributed by atoms with van der Waals surface area (Å²) in [6.45, 7) is 4.48. The first-order valence-electron chi connectivity index (χ1n) is 8.12. The second-order valence-corrected chi connectivity index (χ2v) is 7.24. The molecule has 4 rings (SSSR count). The summed E-state index contributed by atoms with van der Waals surface area (Å²) in [5.74, 6) is 4.44. The van der Waals surface area contributed by atoms with Gasteiger partial charge in [0.25, 0.3) is 0 Å². The van der Waals surface area contributed by atoms with E-state index in [0.29, 0.717) is 19.3 Å². The van der Waals surface area contributed by atoms with E-state index in [1.54, 1.807) is 0 Å². The minimum atomic E-state index is 0.440. The molecule has 0 spiro atoms. The fourth-order valence-corrected chi connectivity index (χ4v) is 4.93. The van der Waals surface area contributed by atoms with Gasteiger partial charge in [0.05, 0.1) is 0 Å². The van der Waals surface area contributed by atoms with Gasteiger partial charge >= 0.3 is 0 Å². The first kappa shape index (κ1) is 13.9. The van der Waals surface area contributed by atoms with Crippen molar-refractivity contribution in [2.24, 2.45) is 17.8 Å². The maximum atomic E-state index is 5.77. The number of hydrogen-bond donors (Lipinski definition) is 1. The van der Waals surface area contributed by atoms with Gasteiger partial charge in [0.15, 0.2) is 11.5 Å². The van der Waals surface area contributed by atoms with E-state index < -0.39 is 0 Å². The monoisotopic (exact) mass is 351 g/mol. The van der Waals surface area contributed by atoms with Crippen molar-refractivity contribution >= 4 is 15.9 Å². The number of ether oxygens (including phenoxy) is 2. The Hall–Kier alpha value is -0.740. The molecular weight excluding hydrogens is 330 g/mol. The van der Waals surface area contributed by atoms with Crippen molar-refractivity contribution in [1.29, 1.82) is 0 Å². The topological polar surface area (TPSA) is 30.5 Å². The first-order chi connectivity index (χ1) is 10.3. The van der Waals surface area contributed by atoms with Crippen molar-refractivity contribution in [1.82, 2.24) is 5.32 Å². The lowest BCUT2D eigenvalue weighted by Crippen LogP contribution is -2.25. The smallest absolute Gasteiger partial charge is 0.162 e. The highest BCUT2D eigenvalue weighted by Crippen LogP contribution is 2.62. The summed E-state index contributed by atoms with van der Waals surface area (Å²) >= 11 is 3.75. The van der Waals surface area contributed by atoms with E-state index in [-0.39, 0.29) is 0 Å². The van der Waals surface area contributed by atoms with E-state index in [0.717, 1.165) is 40.3 Å². The molecule has 3 unspecified atom stereocenters. The molecule has 1 aromatic carbocycles. The molecule has 1 heterocycles. The Morgan fingerprint density at radius 3 is 2.52 bits per heavy atom. The van der Waals surface area contributed by atoms with Gasteiger partial charge in [-0.25, -0.2) is 0 Å². The molecule has 0 bridgehead atoms. The Balaban J connectivity index is 1.66. The van der Waals surface area contributed by atoms with Crippen LogP contribution in [0.1, 0.15) is 37.8 Å². The fraction of sp³-hybridized carbons (Fsp3) is 0.647. The fourth-order valence-electron chi connectivity index (χ4n) is 4.36. The zero-order chi connectivity index (χ0) is 14.4. The van der Waals surface area contributed by atoms with E-state index in [9.17, 15) is 0 Å². The van der Waals surface area contributed by atoms with Crippen molar-refractivity contribution in [3.63, 3.8) is 0 Å². The molecule has 1 aromatic rings. The highest BCUT2D eigenvalue weighted by Gasteiger charge is 2.56. The summed E-state index contributed by atoms with van der Waals surface area (Å²) in [4.78, 5) is 0. The summed E-state index contributed by atoms with van der Waals surface area (Å²) in [6, 6.07) is 4.70. The van der Waals surface area contributed by atoms with Crippen LogP contribution in [0, 0.1) is 17.8 Å². The summed E-state index contributed by atoms with van der Waals surface area (Å²) in [5.41, 5.74) is 1.33. The van der Waals surface area contributed by atoms with Crippen LogP contribution in [0.5, 0.6) is 11.5 Å². The third-order valence-electron chi connectivity index (χ3n) is 5.28. The van der Waals surface area contributed by atoms with Crippen LogP contribution in [0.2, 0.25) is 0 Å². The Morgan fingerprint density at radius 2 is 1.86 bits per heavy atom. The van der Waals surface area contributed by atoms with Crippen molar-refractivity contribution in [3.8, 4) is 11.5 Å². The zero-order valence-electron chi connectivity index (χ0n) is 12.4. The molecule has 3 atom stereocenters. The second kappa shape index (κ2) is 5.47. The zero-order valence-corrected chi connectivity index (χ0v) is 14.0. The lowest BCUT2D eigenvalue weighted by atomic mass is 9.96. The SMILES string of the molecule is CCNC(c1cc2c(cc1Br)OCCO2)C1C2CCCC21. The second-order valence-electron chi connectivity index (χ2n) is 6.39. The number of rotatable bonds is 4. The van der Waals surface area contributed by atoms with Gasteiger partial charge < -0.3 is 14.8 Å². The van der Waals surface area contributed by atoms with E-state index in [2.05, 4.69) is 40.3 Å². The average molecular weight is 352 g/mol. The van der Waals surface area contributed by atoms with Crippen molar-refractivity contribution in [2.45, 2.75) is 32.2 Å². The summed E-state index contributed by atoms with van der Waals surface area (Å²) in [5, 5.41) is 3.71. The number of nitrogens with one attached hydrogen (secondary N) is 1. The molecular formula is C17H22BrNO2. The highest BCUT2D eigenvalue weighted by atomic mass is 79.9. The quantitative estimate of drug-likeness (QED) is 0.891. The lowest BCUT2D eigenvalue weighted by Gasteiger charge is -2.25. The normalized spacial score (nSPS) is 30.9. The van der Waals surface area contributed by atoms with Gasteiger partial charge in [-0.05, 0) is 54.8 Å². The molecule has 0 radical (unpaired) electrons. The van der Waals surface area contributed by atoms with Crippen LogP contribution in [0.25, 0.3) is 0 Å². The van der Waals surface area contributed by atoms with Gasteiger partial charge in [-0.1, -0.05) is 29.3 Å². The molecule has 0 amide bonds. The predicted octanol–water partition coefficient (Wildman–Crippen LogP) is 3.92. The largest absolute Gasteiger partial charge is 0.486 e. The van der Waals surface area contributed by atoms with E-state index in [4.69, 9.17) is 9.47 Å². The molecule has 2 aliphatic carbocycles. The van der Waals surface area contributed by atoms with Gasteiger partial charge in [0, 0.05) is 10.5 Å². The van der Waals surface area contributed by atoms with E-state index >= 15 is 0 Å². The third-order valence-corrected chi connectivity index (χ3v) is 5.97. The molecule has 2 fully saturated rings. The summed E-state index contributed by atoms with van der Waals surface area (Å²) < 4.78 is 12.6. The highest BCUT2D eigenvalue weighted by molar-refractivity contribution is 9.10. The van der Waals surface area contributed by atoms with Gasteiger partial charge in [-0.3, -0.25) is 0 Å². The number of hydrogen-bond acceptors (Lipinski definition) is 3. The number of halogens is 1. The van der Waals surface area contributed by atoms with Gasteiger partial charge in [-0.2, -0.15) is 0 Å². The van der Waals surface area contributed by atoms with Crippen LogP contribution in [0.4, 0.5) is 0 Å². The predicted molar refractivity (Wildman–Crippen MR) is 85.9 cm³/mol. The van der Waals surface area contributed by atoms with Crippen LogP contribution >= 0.6 is 15.9 Å². The Bertz CT molecular complexity index is 538. The maximum Gasteiger partial charge on any atom is 0.162 e. The van der Waals surface area contributed by atoms with Crippen molar-refractivity contribution in [2.75, 3.05) is 19.8 Å². The Kier molecular flexibility index (Phi) is 3.62. The molecule has 4 heteroatoms. The number of benzene rings is 1. The van der Waals surface area contributed by atoms with Gasteiger partial charge in [-0.15, -0.1) is 0 Å². The first-order valence-corrected chi connectivity index (χ1v) is 8.91. The van der Waals surface area contributed by atoms with Crippen molar-refractivity contribution in [3.05, 3.63) is 22.2 Å². The van der Waals surface area contributed by atoms with E-state index in [1.165, 1.54) is 24.8 Å². The molecule has 1 aliphatic heterocycles. The van der Waals surface area contributed by atoms with E-state index in [1.807, 2.05) is 0 Å². The third kappa shape index (κ3) is 2.36. The average Bonchev–Trinajstić information content (AvgIpc) is 2.95. The Morgan fingerprint density at radius 1 is 1.19 bits per heavy atom. The molecule has 3 aliphatic rings. The molecule has 114 valence electrons. The van der Waals surface area contributed by atoms with Crippen LogP contribution in [-0.2, 0) is 0 Å².